The number of nitrogens with zero attached hydrogens (tertiary/aromatic N) is 6. The van der Waals surface area contributed by atoms with Crippen molar-refractivity contribution in [2.75, 3.05) is 35.8 Å². The summed E-state index contributed by atoms with van der Waals surface area (Å²) < 4.78 is 7.01. The Labute approximate surface area is 190 Å². The smallest absolute Gasteiger partial charge is 0.247 e. The van der Waals surface area contributed by atoms with E-state index in [1.807, 2.05) is 24.3 Å². The number of anilines is 3. The van der Waals surface area contributed by atoms with E-state index in [4.69, 9.17) is 10.5 Å². The molecule has 12 nitrogen and oxygen atoms in total. The van der Waals surface area contributed by atoms with Crippen LogP contribution in [0.25, 0.3) is 11.2 Å². The molecule has 3 heterocycles. The van der Waals surface area contributed by atoms with Crippen LogP contribution in [0.15, 0.2) is 35.7 Å². The Bertz CT molecular complexity index is 1120. The van der Waals surface area contributed by atoms with Crippen LogP contribution < -0.4 is 16.1 Å². The minimum absolute atomic E-state index is 0.117. The van der Waals surface area contributed by atoms with Crippen molar-refractivity contribution in [3.8, 4) is 0 Å². The quantitative estimate of drug-likeness (QED) is 0.235. The van der Waals surface area contributed by atoms with Gasteiger partial charge in [0.25, 0.3) is 0 Å². The highest BCUT2D eigenvalue weighted by Crippen LogP contribution is 2.32. The van der Waals surface area contributed by atoms with E-state index >= 15 is 0 Å². The Balaban J connectivity index is 1.53. The van der Waals surface area contributed by atoms with E-state index in [-0.39, 0.29) is 11.8 Å². The SMILES string of the molecule is CCN(CC)c1ccc(/C=N/Nc2nc(N)c3ncn([C@@H]4O[C@H](CO)C(O)[C@@H]4O)c3n2)cc1. The molecule has 0 radical (unpaired) electrons. The first-order valence-corrected chi connectivity index (χ1v) is 10.7. The first kappa shape index (κ1) is 22.9. The van der Waals surface area contributed by atoms with Crippen molar-refractivity contribution < 1.29 is 20.1 Å². The van der Waals surface area contributed by atoms with Crippen LogP contribution in [0, 0.1) is 0 Å². The molecule has 33 heavy (non-hydrogen) atoms. The molecule has 1 aromatic carbocycles. The summed E-state index contributed by atoms with van der Waals surface area (Å²) in [6.45, 7) is 5.67. The summed E-state index contributed by atoms with van der Waals surface area (Å²) in [5.41, 5.74) is 11.4. The fourth-order valence-corrected chi connectivity index (χ4v) is 3.81. The molecule has 2 aromatic heterocycles. The molecule has 1 aliphatic heterocycles. The van der Waals surface area contributed by atoms with Crippen LogP contribution in [-0.2, 0) is 4.74 Å². The maximum absolute atomic E-state index is 10.3. The Morgan fingerprint density at radius 1 is 1.18 bits per heavy atom. The summed E-state index contributed by atoms with van der Waals surface area (Å²) in [5.74, 6) is 0.247. The van der Waals surface area contributed by atoms with E-state index in [0.29, 0.717) is 11.2 Å². The van der Waals surface area contributed by atoms with Gasteiger partial charge in [-0.2, -0.15) is 15.1 Å². The molecule has 1 unspecified atom stereocenters. The average molecular weight is 457 g/mol. The fraction of sp³-hybridized carbons (Fsp3) is 0.429. The van der Waals surface area contributed by atoms with E-state index < -0.39 is 31.1 Å². The second-order valence-corrected chi connectivity index (χ2v) is 7.62. The van der Waals surface area contributed by atoms with Gasteiger partial charge in [-0.1, -0.05) is 12.1 Å². The monoisotopic (exact) mass is 456 g/mol. The van der Waals surface area contributed by atoms with Crippen molar-refractivity contribution in [1.82, 2.24) is 19.5 Å². The standard InChI is InChI=1S/C21H28N8O4/c1-3-28(4-2)13-7-5-12(6-8-13)9-24-27-21-25-18(22)15-19(26-21)29(11-23-15)20-17(32)16(31)14(10-30)33-20/h5-9,11,14,16-17,20,30-32H,3-4,10H2,1-2H3,(H3,22,25,26,27)/b24-9+/t14-,16?,17+,20-/m1/s1. The first-order valence-electron chi connectivity index (χ1n) is 10.7. The normalized spacial score (nSPS) is 22.9. The van der Waals surface area contributed by atoms with Crippen molar-refractivity contribution in [3.63, 3.8) is 0 Å². The highest BCUT2D eigenvalue weighted by molar-refractivity contribution is 5.83. The highest BCUT2D eigenvalue weighted by Gasteiger charge is 2.44. The predicted molar refractivity (Wildman–Crippen MR) is 124 cm³/mol. The van der Waals surface area contributed by atoms with Gasteiger partial charge in [0.15, 0.2) is 17.7 Å². The molecule has 4 rings (SSSR count). The number of aliphatic hydroxyl groups excluding tert-OH is 3. The maximum atomic E-state index is 10.3. The number of imidazole rings is 1. The molecule has 4 atom stereocenters. The Morgan fingerprint density at radius 2 is 1.91 bits per heavy atom. The summed E-state index contributed by atoms with van der Waals surface area (Å²) in [5, 5.41) is 33.9. The van der Waals surface area contributed by atoms with Gasteiger partial charge in [-0.3, -0.25) is 4.57 Å². The lowest BCUT2D eigenvalue weighted by atomic mass is 10.1. The van der Waals surface area contributed by atoms with Crippen molar-refractivity contribution in [2.24, 2.45) is 5.10 Å². The molecular formula is C21H28N8O4. The summed E-state index contributed by atoms with van der Waals surface area (Å²) >= 11 is 0. The molecule has 0 amide bonds. The minimum atomic E-state index is -1.27. The van der Waals surface area contributed by atoms with Crippen LogP contribution in [0.1, 0.15) is 25.6 Å². The van der Waals surface area contributed by atoms with E-state index in [9.17, 15) is 15.3 Å². The number of ether oxygens (including phenoxy) is 1. The number of aromatic nitrogens is 4. The number of nitrogen functional groups attached to an aromatic ring is 1. The van der Waals surface area contributed by atoms with Crippen LogP contribution >= 0.6 is 0 Å². The largest absolute Gasteiger partial charge is 0.394 e. The van der Waals surface area contributed by atoms with Crippen molar-refractivity contribution >= 4 is 34.8 Å². The zero-order chi connectivity index (χ0) is 23.5. The number of aliphatic hydroxyl groups is 3. The average Bonchev–Trinajstić information content (AvgIpc) is 3.37. The summed E-state index contributed by atoms with van der Waals surface area (Å²) in [7, 11) is 0. The number of nitrogens with one attached hydrogen (secondary N) is 1. The van der Waals surface area contributed by atoms with Gasteiger partial charge in [0.05, 0.1) is 19.1 Å². The van der Waals surface area contributed by atoms with Gasteiger partial charge in [-0.25, -0.2) is 10.4 Å². The maximum Gasteiger partial charge on any atom is 0.247 e. The Hall–Kier alpha value is -3.32. The second kappa shape index (κ2) is 9.67. The first-order chi connectivity index (χ1) is 16.0. The number of benzene rings is 1. The molecule has 1 fully saturated rings. The van der Waals surface area contributed by atoms with Crippen LogP contribution in [-0.4, -0.2) is 79.1 Å². The number of hydrazone groups is 1. The molecular weight excluding hydrogens is 428 g/mol. The summed E-state index contributed by atoms with van der Waals surface area (Å²) in [6, 6.07) is 8.00. The van der Waals surface area contributed by atoms with Gasteiger partial charge in [0, 0.05) is 18.8 Å². The number of hydrogen-bond acceptors (Lipinski definition) is 11. The fourth-order valence-electron chi connectivity index (χ4n) is 3.81. The number of rotatable bonds is 8. The number of hydrogen-bond donors (Lipinski definition) is 5. The Kier molecular flexibility index (Phi) is 6.70. The van der Waals surface area contributed by atoms with Gasteiger partial charge in [0.1, 0.15) is 23.8 Å². The number of fused-ring (bicyclic) bond motifs is 1. The molecule has 6 N–H and O–H groups in total. The zero-order valence-corrected chi connectivity index (χ0v) is 18.4. The van der Waals surface area contributed by atoms with E-state index in [1.54, 1.807) is 6.21 Å². The third-order valence-corrected chi connectivity index (χ3v) is 5.64. The molecule has 0 aliphatic carbocycles. The van der Waals surface area contributed by atoms with Crippen LogP contribution in [0.4, 0.5) is 17.5 Å². The lowest BCUT2D eigenvalue weighted by Gasteiger charge is -2.20. The van der Waals surface area contributed by atoms with Crippen molar-refractivity contribution in [2.45, 2.75) is 38.4 Å². The number of nitrogens with two attached hydrogens (primary N) is 1. The zero-order valence-electron chi connectivity index (χ0n) is 18.4. The lowest BCUT2D eigenvalue weighted by molar-refractivity contribution is -0.0511. The van der Waals surface area contributed by atoms with E-state index in [2.05, 4.69) is 44.2 Å². The molecule has 3 aromatic rings. The summed E-state index contributed by atoms with van der Waals surface area (Å²) in [4.78, 5) is 15.0. The van der Waals surface area contributed by atoms with E-state index in [1.165, 1.54) is 10.9 Å². The minimum Gasteiger partial charge on any atom is -0.394 e. The van der Waals surface area contributed by atoms with Crippen LogP contribution in [0.5, 0.6) is 0 Å². The predicted octanol–water partition coefficient (Wildman–Crippen LogP) is 0.312. The van der Waals surface area contributed by atoms with Gasteiger partial charge in [0.2, 0.25) is 5.95 Å². The van der Waals surface area contributed by atoms with Crippen LogP contribution in [0.2, 0.25) is 0 Å². The topological polar surface area (TPSA) is 167 Å². The summed E-state index contributed by atoms with van der Waals surface area (Å²) in [6.07, 6.45) is -1.40. The molecule has 176 valence electrons. The molecule has 0 saturated carbocycles. The second-order valence-electron chi connectivity index (χ2n) is 7.62. The van der Waals surface area contributed by atoms with Gasteiger partial charge >= 0.3 is 0 Å². The third-order valence-electron chi connectivity index (χ3n) is 5.64. The van der Waals surface area contributed by atoms with Gasteiger partial charge in [-0.05, 0) is 31.5 Å². The van der Waals surface area contributed by atoms with Gasteiger partial charge < -0.3 is 30.7 Å². The molecule has 0 bridgehead atoms. The molecule has 1 saturated heterocycles. The molecule has 1 aliphatic rings. The van der Waals surface area contributed by atoms with Crippen LogP contribution in [0.3, 0.4) is 0 Å². The van der Waals surface area contributed by atoms with Crippen molar-refractivity contribution in [3.05, 3.63) is 36.2 Å². The third kappa shape index (κ3) is 4.46. The van der Waals surface area contributed by atoms with E-state index in [0.717, 1.165) is 24.3 Å². The molecule has 0 spiro atoms. The van der Waals surface area contributed by atoms with Gasteiger partial charge in [-0.15, -0.1) is 0 Å². The van der Waals surface area contributed by atoms with Crippen molar-refractivity contribution in [1.29, 1.82) is 0 Å². The lowest BCUT2D eigenvalue weighted by Crippen LogP contribution is -2.33. The molecule has 12 heteroatoms. The Morgan fingerprint density at radius 3 is 2.55 bits per heavy atom. The highest BCUT2D eigenvalue weighted by atomic mass is 16.6.